The lowest BCUT2D eigenvalue weighted by Gasteiger charge is -2.06. The first-order valence-electron chi connectivity index (χ1n) is 7.09. The molecule has 24 heavy (non-hydrogen) atoms. The Morgan fingerprint density at radius 3 is 2.42 bits per heavy atom. The molecule has 0 aliphatic heterocycles. The van der Waals surface area contributed by atoms with Crippen molar-refractivity contribution in [3.8, 4) is 22.9 Å². The first kappa shape index (κ1) is 14.3. The van der Waals surface area contributed by atoms with E-state index >= 15 is 0 Å². The Morgan fingerprint density at radius 2 is 1.67 bits per heavy atom. The zero-order valence-electron chi connectivity index (χ0n) is 12.2. The van der Waals surface area contributed by atoms with Crippen LogP contribution in [0.25, 0.3) is 16.9 Å². The van der Waals surface area contributed by atoms with Gasteiger partial charge in [0.1, 0.15) is 11.6 Å². The van der Waals surface area contributed by atoms with Crippen LogP contribution in [0.1, 0.15) is 0 Å². The number of fused-ring (bicyclic) bond motifs is 1. The number of hydrogen-bond acceptors (Lipinski definition) is 4. The fourth-order valence-corrected chi connectivity index (χ4v) is 2.26. The first-order valence-corrected chi connectivity index (χ1v) is 7.09. The molecule has 0 bridgehead atoms. The third kappa shape index (κ3) is 2.67. The molecule has 3 aromatic heterocycles. The number of ether oxygens (including phenoxy) is 1. The zero-order valence-corrected chi connectivity index (χ0v) is 12.2. The van der Waals surface area contributed by atoms with Crippen LogP contribution in [-0.4, -0.2) is 19.6 Å². The van der Waals surface area contributed by atoms with E-state index < -0.39 is 5.95 Å². The smallest absolute Gasteiger partial charge is 0.237 e. The van der Waals surface area contributed by atoms with Crippen LogP contribution in [0, 0.1) is 11.8 Å². The summed E-state index contributed by atoms with van der Waals surface area (Å²) in [6, 6.07) is 11.9. The van der Waals surface area contributed by atoms with E-state index in [0.29, 0.717) is 28.5 Å². The molecule has 7 heteroatoms. The molecule has 0 aliphatic rings. The van der Waals surface area contributed by atoms with Crippen molar-refractivity contribution in [1.82, 2.24) is 19.6 Å². The summed E-state index contributed by atoms with van der Waals surface area (Å²) in [4.78, 5) is 7.89. The molecule has 0 unspecified atom stereocenters. The molecule has 0 atom stereocenters. The highest BCUT2D eigenvalue weighted by Gasteiger charge is 2.09. The number of imidazole rings is 1. The van der Waals surface area contributed by atoms with Crippen LogP contribution in [-0.2, 0) is 0 Å². The summed E-state index contributed by atoms with van der Waals surface area (Å²) in [5, 5.41) is 4.37. The number of halogens is 2. The molecule has 0 fully saturated rings. The fraction of sp³-hybridized carbons (Fsp3) is 0. The standard InChI is InChI=1S/C17H10F2N4O/c18-12-2-4-13(5-3-12)24-17-8-7-16-21-10-14(23(16)22-17)11-1-6-15(19)20-9-11/h1-10H. The SMILES string of the molecule is Fc1ccc(Oc2ccc3ncc(-c4ccc(F)nc4)n3n2)cc1. The topological polar surface area (TPSA) is 52.3 Å². The molecular weight excluding hydrogens is 314 g/mol. The van der Waals surface area contributed by atoms with E-state index in [-0.39, 0.29) is 5.82 Å². The monoisotopic (exact) mass is 324 g/mol. The fourth-order valence-electron chi connectivity index (χ4n) is 2.26. The predicted octanol–water partition coefficient (Wildman–Crippen LogP) is 3.86. The third-order valence-corrected chi connectivity index (χ3v) is 3.40. The number of benzene rings is 1. The highest BCUT2D eigenvalue weighted by atomic mass is 19.1. The summed E-state index contributed by atoms with van der Waals surface area (Å²) >= 11 is 0. The van der Waals surface area contributed by atoms with Gasteiger partial charge in [0.05, 0.1) is 11.9 Å². The maximum atomic E-state index is 13.0. The van der Waals surface area contributed by atoms with Gasteiger partial charge in [0.2, 0.25) is 11.8 Å². The number of nitrogens with zero attached hydrogens (tertiary/aromatic N) is 4. The Hall–Kier alpha value is -3.35. The van der Waals surface area contributed by atoms with Gasteiger partial charge >= 0.3 is 0 Å². The number of hydrogen-bond donors (Lipinski definition) is 0. The third-order valence-electron chi connectivity index (χ3n) is 3.40. The van der Waals surface area contributed by atoms with E-state index in [2.05, 4.69) is 15.1 Å². The summed E-state index contributed by atoms with van der Waals surface area (Å²) < 4.78 is 33.1. The van der Waals surface area contributed by atoms with Crippen molar-refractivity contribution in [2.45, 2.75) is 0 Å². The van der Waals surface area contributed by atoms with Crippen molar-refractivity contribution in [2.75, 3.05) is 0 Å². The van der Waals surface area contributed by atoms with E-state index in [9.17, 15) is 8.78 Å². The molecule has 0 aliphatic carbocycles. The molecule has 0 saturated heterocycles. The summed E-state index contributed by atoms with van der Waals surface area (Å²) in [5.74, 6) is -0.107. The van der Waals surface area contributed by atoms with Crippen molar-refractivity contribution >= 4 is 5.65 Å². The quantitative estimate of drug-likeness (QED) is 0.537. The summed E-state index contributed by atoms with van der Waals surface area (Å²) in [7, 11) is 0. The van der Waals surface area contributed by atoms with Crippen LogP contribution in [0.15, 0.2) is 60.9 Å². The largest absolute Gasteiger partial charge is 0.438 e. The Kier molecular flexibility index (Phi) is 3.38. The summed E-state index contributed by atoms with van der Waals surface area (Å²) in [5.41, 5.74) is 1.94. The Morgan fingerprint density at radius 1 is 0.833 bits per heavy atom. The average molecular weight is 324 g/mol. The highest BCUT2D eigenvalue weighted by Crippen LogP contribution is 2.23. The second-order valence-electron chi connectivity index (χ2n) is 5.01. The molecule has 4 rings (SSSR count). The van der Waals surface area contributed by atoms with E-state index in [1.807, 2.05) is 0 Å². The van der Waals surface area contributed by atoms with Gasteiger partial charge in [-0.3, -0.25) is 0 Å². The molecular formula is C17H10F2N4O. The van der Waals surface area contributed by atoms with E-state index in [4.69, 9.17) is 4.74 Å². The average Bonchev–Trinajstić information content (AvgIpc) is 3.01. The Balaban J connectivity index is 1.72. The lowest BCUT2D eigenvalue weighted by Crippen LogP contribution is -1.97. The summed E-state index contributed by atoms with van der Waals surface area (Å²) in [6.07, 6.45) is 3.03. The Labute approximate surface area is 135 Å². The highest BCUT2D eigenvalue weighted by molar-refractivity contribution is 5.62. The van der Waals surface area contributed by atoms with Crippen molar-refractivity contribution in [2.24, 2.45) is 0 Å². The molecule has 5 nitrogen and oxygen atoms in total. The minimum absolute atomic E-state index is 0.323. The van der Waals surface area contributed by atoms with Crippen LogP contribution >= 0.6 is 0 Å². The Bertz CT molecular complexity index is 997. The number of aromatic nitrogens is 4. The minimum Gasteiger partial charge on any atom is -0.438 e. The van der Waals surface area contributed by atoms with Crippen LogP contribution in [0.4, 0.5) is 8.78 Å². The van der Waals surface area contributed by atoms with Crippen LogP contribution in [0.3, 0.4) is 0 Å². The van der Waals surface area contributed by atoms with Gasteiger partial charge < -0.3 is 4.74 Å². The first-order chi connectivity index (χ1) is 11.7. The second kappa shape index (κ2) is 5.69. The molecule has 4 aromatic rings. The van der Waals surface area contributed by atoms with Crippen molar-refractivity contribution in [1.29, 1.82) is 0 Å². The van der Waals surface area contributed by atoms with Gasteiger partial charge in [-0.2, -0.15) is 4.39 Å². The maximum Gasteiger partial charge on any atom is 0.237 e. The van der Waals surface area contributed by atoms with E-state index in [1.165, 1.54) is 36.5 Å². The lowest BCUT2D eigenvalue weighted by atomic mass is 10.2. The van der Waals surface area contributed by atoms with Gasteiger partial charge in [0, 0.05) is 17.8 Å². The molecule has 0 spiro atoms. The van der Waals surface area contributed by atoms with Crippen LogP contribution < -0.4 is 4.74 Å². The number of rotatable bonds is 3. The molecule has 1 aromatic carbocycles. The number of pyridine rings is 1. The van der Waals surface area contributed by atoms with Gasteiger partial charge in [-0.25, -0.2) is 18.9 Å². The normalized spacial score (nSPS) is 10.9. The van der Waals surface area contributed by atoms with E-state index in [1.54, 1.807) is 28.9 Å². The molecule has 0 radical (unpaired) electrons. The molecule has 0 saturated carbocycles. The molecule has 0 amide bonds. The van der Waals surface area contributed by atoms with Crippen molar-refractivity contribution in [3.05, 3.63) is 72.7 Å². The zero-order chi connectivity index (χ0) is 16.5. The summed E-state index contributed by atoms with van der Waals surface area (Å²) in [6.45, 7) is 0. The van der Waals surface area contributed by atoms with Gasteiger partial charge in [0.25, 0.3) is 0 Å². The maximum absolute atomic E-state index is 13.0. The van der Waals surface area contributed by atoms with Crippen LogP contribution in [0.5, 0.6) is 11.6 Å². The van der Waals surface area contributed by atoms with Crippen LogP contribution in [0.2, 0.25) is 0 Å². The van der Waals surface area contributed by atoms with E-state index in [0.717, 1.165) is 0 Å². The van der Waals surface area contributed by atoms with Crippen molar-refractivity contribution in [3.63, 3.8) is 0 Å². The van der Waals surface area contributed by atoms with Gasteiger partial charge in [-0.1, -0.05) is 0 Å². The van der Waals surface area contributed by atoms with Crippen molar-refractivity contribution < 1.29 is 13.5 Å². The van der Waals surface area contributed by atoms with Gasteiger partial charge in [-0.05, 0) is 42.5 Å². The minimum atomic E-state index is -0.555. The van der Waals surface area contributed by atoms with Gasteiger partial charge in [0.15, 0.2) is 5.65 Å². The predicted molar refractivity (Wildman–Crippen MR) is 82.7 cm³/mol. The van der Waals surface area contributed by atoms with Gasteiger partial charge in [-0.15, -0.1) is 5.10 Å². The molecule has 0 N–H and O–H groups in total. The second-order valence-corrected chi connectivity index (χ2v) is 5.01. The molecule has 118 valence electrons. The lowest BCUT2D eigenvalue weighted by molar-refractivity contribution is 0.451. The molecule has 3 heterocycles.